The van der Waals surface area contributed by atoms with Gasteiger partial charge in [0.2, 0.25) is 11.8 Å². The summed E-state index contributed by atoms with van der Waals surface area (Å²) in [7, 11) is 0. The molecule has 2 amide bonds. The van der Waals surface area contributed by atoms with Gasteiger partial charge in [-0.25, -0.2) is 0 Å². The summed E-state index contributed by atoms with van der Waals surface area (Å²) in [5.74, 6) is -0.354. The van der Waals surface area contributed by atoms with Crippen molar-refractivity contribution in [3.05, 3.63) is 72.9 Å². The minimum atomic E-state index is -1.37. The summed E-state index contributed by atoms with van der Waals surface area (Å²) in [6.07, 6.45) is 35.4. The molecule has 276 valence electrons. The van der Waals surface area contributed by atoms with Gasteiger partial charge in [-0.15, -0.1) is 0 Å². The number of rotatable bonds is 24. The summed E-state index contributed by atoms with van der Waals surface area (Å²) in [4.78, 5) is 36.0. The highest BCUT2D eigenvalue weighted by atomic mass is 32.2. The van der Waals surface area contributed by atoms with Crippen molar-refractivity contribution in [3.63, 3.8) is 0 Å². The number of hydrogen-bond donors (Lipinski definition) is 3. The molecule has 0 unspecified atom stereocenters. The molecule has 0 spiro atoms. The van der Waals surface area contributed by atoms with Crippen LogP contribution in [0, 0.1) is 5.41 Å². The van der Waals surface area contributed by atoms with Crippen molar-refractivity contribution in [2.24, 2.45) is 5.41 Å². The van der Waals surface area contributed by atoms with Gasteiger partial charge >= 0.3 is 5.97 Å². The molecule has 0 aliphatic carbocycles. The van der Waals surface area contributed by atoms with Crippen LogP contribution in [0.4, 0.5) is 0 Å². The predicted octanol–water partition coefficient (Wildman–Crippen LogP) is 9.21. The Morgan fingerprint density at radius 3 is 1.56 bits per heavy atom. The van der Waals surface area contributed by atoms with Gasteiger partial charge in [-0.05, 0) is 44.8 Å². The number of carbonyl (C=O) groups is 3. The lowest BCUT2D eigenvalue weighted by atomic mass is 9.87. The smallest absolute Gasteiger partial charge is 0.309 e. The van der Waals surface area contributed by atoms with Gasteiger partial charge in [0, 0.05) is 30.7 Å². The second kappa shape index (κ2) is 38.6. The minimum absolute atomic E-state index is 0.0990. The second-order valence-electron chi connectivity index (χ2n) is 11.8. The monoisotopic (exact) mass is 691 g/mol. The van der Waals surface area contributed by atoms with Crippen LogP contribution in [-0.2, 0) is 19.1 Å². The molecule has 0 saturated carbocycles. The van der Waals surface area contributed by atoms with E-state index < -0.39 is 23.4 Å². The maximum Gasteiger partial charge on any atom is 0.309 e. The van der Waals surface area contributed by atoms with E-state index in [9.17, 15) is 19.5 Å². The summed E-state index contributed by atoms with van der Waals surface area (Å²) >= 11 is 1.63. The first-order valence-electron chi connectivity index (χ1n) is 17.8. The number of ether oxygens (including phenoxy) is 1. The molecule has 0 radical (unpaired) electrons. The third-order valence-corrected chi connectivity index (χ3v) is 6.87. The lowest BCUT2D eigenvalue weighted by Crippen LogP contribution is -2.47. The number of unbranched alkanes of at least 4 members (excludes halogenated alkanes) is 1. The maximum atomic E-state index is 12.3. The Morgan fingerprint density at radius 1 is 0.708 bits per heavy atom. The Balaban J connectivity index is -0.00000262. The molecule has 0 aliphatic rings. The number of thioether (sulfide) groups is 1. The highest BCUT2D eigenvalue weighted by Crippen LogP contribution is 2.21. The summed E-state index contributed by atoms with van der Waals surface area (Å²) < 4.78 is 5.27. The molecule has 0 aromatic rings. The van der Waals surface area contributed by atoms with E-state index in [1.165, 1.54) is 19.3 Å². The van der Waals surface area contributed by atoms with Crippen LogP contribution in [0.1, 0.15) is 119 Å². The van der Waals surface area contributed by atoms with Crippen LogP contribution >= 0.6 is 11.8 Å². The molecule has 0 aliphatic heterocycles. The number of amides is 2. The van der Waals surface area contributed by atoms with E-state index in [0.717, 1.165) is 44.3 Å². The summed E-state index contributed by atoms with van der Waals surface area (Å²) in [5.41, 5.74) is -0.973. The van der Waals surface area contributed by atoms with E-state index in [2.05, 4.69) is 99.9 Å². The summed E-state index contributed by atoms with van der Waals surface area (Å²) in [6.45, 7) is 14.6. The van der Waals surface area contributed by atoms with E-state index in [0.29, 0.717) is 6.54 Å². The zero-order chi connectivity index (χ0) is 36.7. The molecule has 8 heteroatoms. The number of esters is 1. The molecular formula is C40H70N2O5S. The second-order valence-corrected chi connectivity index (χ2v) is 12.7. The van der Waals surface area contributed by atoms with Crippen molar-refractivity contribution in [1.82, 2.24) is 10.6 Å². The molecule has 0 rings (SSSR count). The van der Waals surface area contributed by atoms with Crippen LogP contribution in [0.5, 0.6) is 0 Å². The molecular weight excluding hydrogens is 621 g/mol. The van der Waals surface area contributed by atoms with Gasteiger partial charge in [-0.2, -0.15) is 11.8 Å². The zero-order valence-electron chi connectivity index (χ0n) is 31.6. The molecule has 0 aromatic carbocycles. The average Bonchev–Trinajstić information content (AvgIpc) is 3.07. The molecule has 0 aromatic heterocycles. The molecule has 48 heavy (non-hydrogen) atoms. The fraction of sp³-hybridized carbons (Fsp3) is 0.625. The quantitative estimate of drug-likeness (QED) is 0.0530. The van der Waals surface area contributed by atoms with E-state index in [1.807, 2.05) is 18.4 Å². The van der Waals surface area contributed by atoms with Gasteiger partial charge in [0.25, 0.3) is 0 Å². The lowest BCUT2D eigenvalue weighted by molar-refractivity contribution is -0.152. The standard InChI is InChI=1S/C33H52N2O5S.C4H10.C3H8/c1-5-6-7-8-9-10-11-12-13-14-15-16-17-18-19-20-21-22-23-30(37)40-28-33(2,3)31(38)32(39)35-25-24-29(36)34-26-27-41-4;1-3-4-2;1-3-2/h6-7,9-10,12-13,15-16,18-19,21-22,31,38H,5,8,11,14,17,20,23-28H2,1-4H3,(H,34,36)(H,35,39);3-4H2,1-2H3;3H2,1-2H3/b7-6-,10-9-,13-12-,16-15-,19-18-,22-21-;;/t31-;;/m0../s1. The van der Waals surface area contributed by atoms with Crippen LogP contribution in [-0.4, -0.2) is 60.7 Å². The third kappa shape index (κ3) is 37.6. The Bertz CT molecular complexity index is 949. The number of hydrogen-bond acceptors (Lipinski definition) is 6. The van der Waals surface area contributed by atoms with E-state index in [-0.39, 0.29) is 31.9 Å². The van der Waals surface area contributed by atoms with Crippen LogP contribution < -0.4 is 10.6 Å². The van der Waals surface area contributed by atoms with Crippen molar-refractivity contribution < 1.29 is 24.2 Å². The molecule has 0 fully saturated rings. The van der Waals surface area contributed by atoms with E-state index >= 15 is 0 Å². The Labute approximate surface area is 298 Å². The third-order valence-electron chi connectivity index (χ3n) is 6.25. The molecule has 1 atom stereocenters. The number of nitrogens with one attached hydrogen (secondary N) is 2. The lowest BCUT2D eigenvalue weighted by Gasteiger charge is -2.28. The van der Waals surface area contributed by atoms with Crippen molar-refractivity contribution in [1.29, 1.82) is 0 Å². The van der Waals surface area contributed by atoms with Crippen LogP contribution in [0.2, 0.25) is 0 Å². The van der Waals surface area contributed by atoms with Gasteiger partial charge in [-0.1, -0.05) is 141 Å². The number of allylic oxidation sites excluding steroid dienone is 11. The van der Waals surface area contributed by atoms with Gasteiger partial charge in [0.05, 0.1) is 13.0 Å². The Morgan fingerprint density at radius 2 is 1.15 bits per heavy atom. The number of aliphatic hydroxyl groups is 1. The molecule has 0 saturated heterocycles. The van der Waals surface area contributed by atoms with Gasteiger partial charge < -0.3 is 20.5 Å². The normalized spacial score (nSPS) is 12.4. The van der Waals surface area contributed by atoms with Crippen LogP contribution in [0.3, 0.4) is 0 Å². The van der Waals surface area contributed by atoms with Crippen molar-refractivity contribution in [3.8, 4) is 0 Å². The SMILES string of the molecule is CC/C=C\C/C=C\C/C=C\C/C=C\C/C=C\C/C=C\CC(=O)OCC(C)(C)[C@@H](O)C(=O)NCCC(=O)NCCSC.CCC.CCCC. The maximum absolute atomic E-state index is 12.3. The summed E-state index contributed by atoms with van der Waals surface area (Å²) in [6, 6.07) is 0. The van der Waals surface area contributed by atoms with E-state index in [1.54, 1.807) is 31.7 Å². The van der Waals surface area contributed by atoms with Crippen molar-refractivity contribution in [2.45, 2.75) is 125 Å². The molecule has 3 N–H and O–H groups in total. The van der Waals surface area contributed by atoms with Gasteiger partial charge in [-0.3, -0.25) is 14.4 Å². The zero-order valence-corrected chi connectivity index (χ0v) is 32.4. The first kappa shape index (κ1) is 49.5. The Hall–Kier alpha value is -2.84. The molecule has 0 heterocycles. The van der Waals surface area contributed by atoms with Crippen molar-refractivity contribution >= 4 is 29.5 Å². The highest BCUT2D eigenvalue weighted by Gasteiger charge is 2.34. The van der Waals surface area contributed by atoms with Crippen molar-refractivity contribution in [2.75, 3.05) is 31.7 Å². The molecule has 0 bridgehead atoms. The fourth-order valence-electron chi connectivity index (χ4n) is 3.24. The summed E-state index contributed by atoms with van der Waals surface area (Å²) in [5, 5.41) is 15.7. The first-order valence-corrected chi connectivity index (χ1v) is 19.2. The largest absolute Gasteiger partial charge is 0.465 e. The van der Waals surface area contributed by atoms with Crippen LogP contribution in [0.25, 0.3) is 0 Å². The molecule has 7 nitrogen and oxygen atoms in total. The highest BCUT2D eigenvalue weighted by molar-refractivity contribution is 7.98. The number of carbonyl (C=O) groups excluding carboxylic acids is 3. The number of aliphatic hydroxyl groups excluding tert-OH is 1. The first-order chi connectivity index (χ1) is 23.1. The average molecular weight is 691 g/mol. The van der Waals surface area contributed by atoms with Gasteiger partial charge in [0.1, 0.15) is 6.10 Å². The van der Waals surface area contributed by atoms with E-state index in [4.69, 9.17) is 4.74 Å². The van der Waals surface area contributed by atoms with Crippen LogP contribution in [0.15, 0.2) is 72.9 Å². The topological polar surface area (TPSA) is 105 Å². The minimum Gasteiger partial charge on any atom is -0.465 e. The Kier molecular flexibility index (Phi) is 39.9. The fourth-order valence-corrected chi connectivity index (χ4v) is 3.54. The van der Waals surface area contributed by atoms with Gasteiger partial charge in [0.15, 0.2) is 0 Å². The predicted molar refractivity (Wildman–Crippen MR) is 209 cm³/mol.